The number of hydrogen-bond acceptors (Lipinski definition) is 5. The van der Waals surface area contributed by atoms with Crippen LogP contribution in [0.25, 0.3) is 0 Å². The lowest BCUT2D eigenvalue weighted by Crippen LogP contribution is -2.55. The molecule has 0 aromatic heterocycles. The minimum absolute atomic E-state index is 0.0367. The Hall–Kier alpha value is -4.58. The Balaban J connectivity index is 1.92. The van der Waals surface area contributed by atoms with E-state index in [0.29, 0.717) is 5.56 Å². The number of ketones is 2. The van der Waals surface area contributed by atoms with Gasteiger partial charge in [0.05, 0.1) is 5.56 Å². The van der Waals surface area contributed by atoms with Gasteiger partial charge in [0.1, 0.15) is 5.75 Å². The average molecular weight is 508 g/mol. The van der Waals surface area contributed by atoms with Crippen LogP contribution >= 0.6 is 0 Å². The summed E-state index contributed by atoms with van der Waals surface area (Å²) >= 11 is 0. The number of rotatable bonds is 7. The van der Waals surface area contributed by atoms with Crippen molar-refractivity contribution < 1.29 is 23.9 Å². The van der Waals surface area contributed by atoms with Gasteiger partial charge < -0.3 is 10.1 Å². The number of carbonyl (C=O) groups is 4. The number of hydrogen-bond donors (Lipinski definition) is 1. The fourth-order valence-corrected chi connectivity index (χ4v) is 4.53. The molecule has 0 bridgehead atoms. The van der Waals surface area contributed by atoms with Crippen LogP contribution < -0.4 is 10.1 Å². The molecule has 6 heteroatoms. The molecule has 0 saturated carbocycles. The van der Waals surface area contributed by atoms with Gasteiger partial charge in [0.15, 0.2) is 11.3 Å². The third kappa shape index (κ3) is 4.73. The summed E-state index contributed by atoms with van der Waals surface area (Å²) in [4.78, 5) is 54.5. The molecule has 1 aliphatic carbocycles. The largest absolute Gasteiger partial charge is 0.423 e. The van der Waals surface area contributed by atoms with E-state index in [1.165, 1.54) is 0 Å². The van der Waals surface area contributed by atoms with Gasteiger partial charge in [-0.3, -0.25) is 14.4 Å². The third-order valence-corrected chi connectivity index (χ3v) is 6.63. The van der Waals surface area contributed by atoms with Gasteiger partial charge in [-0.1, -0.05) is 74.5 Å². The van der Waals surface area contributed by atoms with Crippen LogP contribution in [0.1, 0.15) is 65.5 Å². The zero-order chi connectivity index (χ0) is 27.4. The van der Waals surface area contributed by atoms with E-state index in [4.69, 9.17) is 4.74 Å². The van der Waals surface area contributed by atoms with Crippen molar-refractivity contribution in [3.8, 4) is 5.75 Å². The Morgan fingerprint density at radius 3 is 2.05 bits per heavy atom. The van der Waals surface area contributed by atoms with Gasteiger partial charge in [0.2, 0.25) is 5.78 Å². The quantitative estimate of drug-likeness (QED) is 0.252. The topological polar surface area (TPSA) is 89.5 Å². The van der Waals surface area contributed by atoms with Crippen molar-refractivity contribution in [3.63, 3.8) is 0 Å². The second kappa shape index (κ2) is 10.8. The van der Waals surface area contributed by atoms with E-state index in [1.54, 1.807) is 105 Å². The van der Waals surface area contributed by atoms with Crippen molar-refractivity contribution in [1.82, 2.24) is 5.32 Å². The number of ether oxygens (including phenoxy) is 1. The van der Waals surface area contributed by atoms with E-state index in [9.17, 15) is 19.2 Å². The van der Waals surface area contributed by atoms with Crippen molar-refractivity contribution in [2.24, 2.45) is 0 Å². The first-order valence-electron chi connectivity index (χ1n) is 12.4. The molecule has 0 spiro atoms. The van der Waals surface area contributed by atoms with Crippen LogP contribution in [0.5, 0.6) is 5.75 Å². The zero-order valence-electron chi connectivity index (χ0n) is 21.8. The Morgan fingerprint density at radius 2 is 1.47 bits per heavy atom. The summed E-state index contributed by atoms with van der Waals surface area (Å²) in [5, 5.41) is 2.74. The monoisotopic (exact) mass is 507 g/mol. The van der Waals surface area contributed by atoms with Crippen LogP contribution in [0.4, 0.5) is 0 Å². The summed E-state index contributed by atoms with van der Waals surface area (Å²) < 4.78 is 5.84. The highest BCUT2D eigenvalue weighted by atomic mass is 16.5. The minimum atomic E-state index is -2.10. The SMILES string of the molecule is C/C=C\C1=C(C)C(=O)C(NC(=O)c2ccccc2)(c2ccc(C(C)C)cc2OC(=O)c2ccccc2)C1=O. The maximum atomic E-state index is 14.0. The number of esters is 1. The van der Waals surface area contributed by atoms with Gasteiger partial charge in [-0.05, 0) is 55.7 Å². The van der Waals surface area contributed by atoms with Crippen LogP contribution in [-0.4, -0.2) is 23.4 Å². The summed E-state index contributed by atoms with van der Waals surface area (Å²) in [6, 6.07) is 21.8. The van der Waals surface area contributed by atoms with E-state index in [2.05, 4.69) is 5.32 Å². The number of amides is 1. The average Bonchev–Trinajstić information content (AvgIpc) is 3.10. The summed E-state index contributed by atoms with van der Waals surface area (Å²) in [5.41, 5.74) is -0.160. The normalized spacial score (nSPS) is 17.4. The van der Waals surface area contributed by atoms with Crippen molar-refractivity contribution in [2.75, 3.05) is 0 Å². The molecular formula is C32H29NO5. The molecule has 0 aliphatic heterocycles. The van der Waals surface area contributed by atoms with Gasteiger partial charge in [0.25, 0.3) is 5.91 Å². The van der Waals surface area contributed by atoms with Crippen LogP contribution in [0.15, 0.2) is 102 Å². The lowest BCUT2D eigenvalue weighted by molar-refractivity contribution is -0.130. The summed E-state index contributed by atoms with van der Waals surface area (Å²) in [6.07, 6.45) is 3.22. The fourth-order valence-electron chi connectivity index (χ4n) is 4.53. The van der Waals surface area contributed by atoms with E-state index in [0.717, 1.165) is 5.56 Å². The molecule has 192 valence electrons. The highest BCUT2D eigenvalue weighted by Crippen LogP contribution is 2.42. The smallest absolute Gasteiger partial charge is 0.343 e. The number of carbonyl (C=O) groups excluding carboxylic acids is 4. The second-order valence-electron chi connectivity index (χ2n) is 9.43. The van der Waals surface area contributed by atoms with Crippen LogP contribution in [0, 0.1) is 0 Å². The van der Waals surface area contributed by atoms with Gasteiger partial charge in [0, 0.05) is 22.3 Å². The van der Waals surface area contributed by atoms with E-state index in [1.807, 2.05) is 13.8 Å². The molecule has 0 fully saturated rings. The van der Waals surface area contributed by atoms with E-state index < -0.39 is 29.0 Å². The number of allylic oxidation sites excluding steroid dienone is 2. The molecule has 6 nitrogen and oxygen atoms in total. The second-order valence-corrected chi connectivity index (χ2v) is 9.43. The maximum absolute atomic E-state index is 14.0. The molecule has 0 radical (unpaired) electrons. The molecule has 1 unspecified atom stereocenters. The van der Waals surface area contributed by atoms with Crippen LogP contribution in [0.3, 0.4) is 0 Å². The molecular weight excluding hydrogens is 478 g/mol. The number of nitrogens with one attached hydrogen (secondary N) is 1. The number of benzene rings is 3. The summed E-state index contributed by atoms with van der Waals surface area (Å²) in [7, 11) is 0. The van der Waals surface area contributed by atoms with Gasteiger partial charge in [-0.2, -0.15) is 0 Å². The molecule has 0 saturated heterocycles. The standard InChI is InChI=1S/C32H29NO5/c1-5-12-25-21(4)28(34)32(29(25)35,33-30(36)22-13-8-6-9-14-22)26-18-17-24(20(2)3)19-27(26)38-31(37)23-15-10-7-11-16-23/h5-20H,1-4H3,(H,33,36)/b12-5-. The molecule has 1 N–H and O–H groups in total. The Morgan fingerprint density at radius 1 is 0.868 bits per heavy atom. The van der Waals surface area contributed by atoms with E-state index >= 15 is 0 Å². The fraction of sp³-hybridized carbons (Fsp3) is 0.188. The number of Topliss-reactive ketones (excluding diaryl/α,β-unsaturated/α-hetero) is 2. The first kappa shape index (κ1) is 26.5. The van der Waals surface area contributed by atoms with Gasteiger partial charge in [-0.15, -0.1) is 0 Å². The molecule has 38 heavy (non-hydrogen) atoms. The lowest BCUT2D eigenvalue weighted by atomic mass is 9.81. The third-order valence-electron chi connectivity index (χ3n) is 6.63. The highest BCUT2D eigenvalue weighted by molar-refractivity contribution is 6.33. The first-order chi connectivity index (χ1) is 18.2. The highest BCUT2D eigenvalue weighted by Gasteiger charge is 2.56. The van der Waals surface area contributed by atoms with Crippen molar-refractivity contribution in [3.05, 3.63) is 124 Å². The van der Waals surface area contributed by atoms with Gasteiger partial charge >= 0.3 is 5.97 Å². The van der Waals surface area contributed by atoms with Crippen molar-refractivity contribution in [1.29, 1.82) is 0 Å². The Bertz CT molecular complexity index is 1470. The predicted octanol–water partition coefficient (Wildman–Crippen LogP) is 5.70. The molecule has 3 aromatic rings. The summed E-state index contributed by atoms with van der Waals surface area (Å²) in [6.45, 7) is 7.26. The van der Waals surface area contributed by atoms with Crippen LogP contribution in [-0.2, 0) is 15.1 Å². The summed E-state index contributed by atoms with van der Waals surface area (Å²) in [5.74, 6) is -2.30. The van der Waals surface area contributed by atoms with Crippen LogP contribution in [0.2, 0.25) is 0 Å². The zero-order valence-corrected chi connectivity index (χ0v) is 21.8. The molecule has 0 heterocycles. The first-order valence-corrected chi connectivity index (χ1v) is 12.4. The molecule has 1 amide bonds. The molecule has 4 rings (SSSR count). The molecule has 1 atom stereocenters. The minimum Gasteiger partial charge on any atom is -0.423 e. The van der Waals surface area contributed by atoms with E-state index in [-0.39, 0.29) is 33.9 Å². The Labute approximate surface area is 222 Å². The molecule has 3 aromatic carbocycles. The predicted molar refractivity (Wildman–Crippen MR) is 145 cm³/mol. The van der Waals surface area contributed by atoms with Crippen molar-refractivity contribution in [2.45, 2.75) is 39.2 Å². The lowest BCUT2D eigenvalue weighted by Gasteiger charge is -2.30. The molecule has 1 aliphatic rings. The van der Waals surface area contributed by atoms with Gasteiger partial charge in [-0.25, -0.2) is 4.79 Å². The Kier molecular flexibility index (Phi) is 7.53. The maximum Gasteiger partial charge on any atom is 0.343 e. The van der Waals surface area contributed by atoms with Crippen molar-refractivity contribution >= 4 is 23.4 Å².